The van der Waals surface area contributed by atoms with Crippen molar-refractivity contribution in [3.8, 4) is 5.75 Å². The van der Waals surface area contributed by atoms with Gasteiger partial charge in [-0.15, -0.1) is 6.58 Å². The number of nitrogens with two attached hydrogens (primary N) is 1. The number of guanidine groups is 1. The number of aliphatic imine (C=N–C) groups is 1. The number of nitrogens with zero attached hydrogens (tertiary/aromatic N) is 2. The van der Waals surface area contributed by atoms with Crippen molar-refractivity contribution in [3.05, 3.63) is 77.4 Å². The van der Waals surface area contributed by atoms with Gasteiger partial charge in [0.25, 0.3) is 5.91 Å². The molecular weight excluding hydrogens is 364 g/mol. The summed E-state index contributed by atoms with van der Waals surface area (Å²) in [4.78, 5) is 19.2. The van der Waals surface area contributed by atoms with Crippen LogP contribution in [-0.4, -0.2) is 30.4 Å². The van der Waals surface area contributed by atoms with Crippen LogP contribution in [0.3, 0.4) is 0 Å². The van der Waals surface area contributed by atoms with E-state index in [2.05, 4.69) is 16.3 Å². The maximum Gasteiger partial charge on any atom is 0.387 e. The molecule has 0 saturated carbocycles. The zero-order chi connectivity index (χ0) is 20.5. The Kier molecular flexibility index (Phi) is 5.18. The van der Waals surface area contributed by atoms with Crippen LogP contribution >= 0.6 is 0 Å². The number of rotatable bonds is 6. The summed E-state index contributed by atoms with van der Waals surface area (Å²) in [6.07, 6.45) is 2.28. The predicted molar refractivity (Wildman–Crippen MR) is 103 cm³/mol. The molecule has 0 spiro atoms. The van der Waals surface area contributed by atoms with E-state index in [1.165, 1.54) is 11.0 Å². The second-order valence-electron chi connectivity index (χ2n) is 6.55. The summed E-state index contributed by atoms with van der Waals surface area (Å²) in [5.41, 5.74) is 7.14. The van der Waals surface area contributed by atoms with Crippen molar-refractivity contribution < 1.29 is 18.3 Å². The fourth-order valence-electron chi connectivity index (χ4n) is 3.47. The highest BCUT2D eigenvalue weighted by Gasteiger charge is 2.50. The van der Waals surface area contributed by atoms with Gasteiger partial charge in [0.05, 0.1) is 0 Å². The van der Waals surface area contributed by atoms with Gasteiger partial charge < -0.3 is 10.5 Å². The number of halogens is 2. The maximum atomic E-state index is 13.3. The van der Waals surface area contributed by atoms with Gasteiger partial charge in [0, 0.05) is 7.05 Å². The van der Waals surface area contributed by atoms with Crippen LogP contribution < -0.4 is 10.5 Å². The molecule has 2 aromatic carbocycles. The van der Waals surface area contributed by atoms with E-state index in [4.69, 9.17) is 5.73 Å². The number of hydrogen-bond acceptors (Lipinski definition) is 4. The maximum absolute atomic E-state index is 13.3. The van der Waals surface area contributed by atoms with Crippen LogP contribution in [0, 0.1) is 6.92 Å². The van der Waals surface area contributed by atoms with Gasteiger partial charge in [-0.2, -0.15) is 8.78 Å². The lowest BCUT2D eigenvalue weighted by atomic mass is 9.79. The minimum absolute atomic E-state index is 0.0454. The molecule has 0 aliphatic carbocycles. The summed E-state index contributed by atoms with van der Waals surface area (Å²) in [7, 11) is 1.56. The first-order valence-corrected chi connectivity index (χ1v) is 8.70. The SMILES string of the molecule is C=CCc1ccccc1C1(c2ccc(OC(F)F)c(C)c2)N=C(N)N(C)C1=O. The highest BCUT2D eigenvalue weighted by molar-refractivity contribution is 6.09. The zero-order valence-electron chi connectivity index (χ0n) is 15.7. The van der Waals surface area contributed by atoms with Crippen molar-refractivity contribution in [2.45, 2.75) is 25.5 Å². The lowest BCUT2D eigenvalue weighted by Gasteiger charge is -2.28. The molecule has 7 heteroatoms. The predicted octanol–water partition coefficient (Wildman–Crippen LogP) is 3.36. The molecule has 0 fully saturated rings. The van der Waals surface area contributed by atoms with Crippen LogP contribution in [-0.2, 0) is 16.8 Å². The average molecular weight is 385 g/mol. The monoisotopic (exact) mass is 385 g/mol. The molecule has 5 nitrogen and oxygen atoms in total. The zero-order valence-corrected chi connectivity index (χ0v) is 15.7. The number of hydrogen-bond donors (Lipinski definition) is 1. The number of amides is 1. The van der Waals surface area contributed by atoms with E-state index < -0.39 is 12.2 Å². The lowest BCUT2D eigenvalue weighted by molar-refractivity contribution is -0.129. The molecule has 28 heavy (non-hydrogen) atoms. The smallest absolute Gasteiger partial charge is 0.387 e. The van der Waals surface area contributed by atoms with Crippen molar-refractivity contribution in [1.82, 2.24) is 4.90 Å². The number of ether oxygens (including phenoxy) is 1. The van der Waals surface area contributed by atoms with E-state index in [9.17, 15) is 13.6 Å². The first-order valence-electron chi connectivity index (χ1n) is 8.70. The third-order valence-electron chi connectivity index (χ3n) is 4.82. The van der Waals surface area contributed by atoms with E-state index in [-0.39, 0.29) is 17.6 Å². The van der Waals surface area contributed by atoms with E-state index in [0.29, 0.717) is 23.1 Å². The molecule has 0 radical (unpaired) electrons. The van der Waals surface area contributed by atoms with Gasteiger partial charge in [-0.3, -0.25) is 9.69 Å². The molecule has 0 aromatic heterocycles. The van der Waals surface area contributed by atoms with E-state index in [1.807, 2.05) is 24.3 Å². The summed E-state index contributed by atoms with van der Waals surface area (Å²) < 4.78 is 29.8. The normalized spacial score (nSPS) is 19.1. The Labute approximate surface area is 162 Å². The number of benzene rings is 2. The molecule has 2 aromatic rings. The van der Waals surface area contributed by atoms with Crippen LogP contribution in [0.5, 0.6) is 5.75 Å². The number of aryl methyl sites for hydroxylation is 1. The summed E-state index contributed by atoms with van der Waals surface area (Å²) in [6.45, 7) is 2.49. The Bertz CT molecular complexity index is 958. The molecule has 1 heterocycles. The third kappa shape index (κ3) is 3.13. The Morgan fingerprint density at radius 2 is 2.04 bits per heavy atom. The summed E-state index contributed by atoms with van der Waals surface area (Å²) in [5.74, 6) is -0.184. The minimum atomic E-state index is -2.93. The lowest BCUT2D eigenvalue weighted by Crippen LogP contribution is -2.41. The van der Waals surface area contributed by atoms with Gasteiger partial charge in [0.1, 0.15) is 5.75 Å². The molecule has 146 valence electrons. The number of alkyl halides is 2. The van der Waals surface area contributed by atoms with Crippen LogP contribution in [0.2, 0.25) is 0 Å². The topological polar surface area (TPSA) is 67.9 Å². The molecule has 2 N–H and O–H groups in total. The number of allylic oxidation sites excluding steroid dienone is 1. The first kappa shape index (κ1) is 19.5. The summed E-state index contributed by atoms with van der Waals surface area (Å²) in [6, 6.07) is 12.0. The van der Waals surface area contributed by atoms with Gasteiger partial charge in [-0.1, -0.05) is 36.4 Å². The van der Waals surface area contributed by atoms with Gasteiger partial charge in [0.2, 0.25) is 0 Å². The molecule has 1 unspecified atom stereocenters. The van der Waals surface area contributed by atoms with Crippen molar-refractivity contribution in [3.63, 3.8) is 0 Å². The van der Waals surface area contributed by atoms with Gasteiger partial charge in [0.15, 0.2) is 11.5 Å². The van der Waals surface area contributed by atoms with Gasteiger partial charge in [-0.05, 0) is 47.7 Å². The van der Waals surface area contributed by atoms with Crippen molar-refractivity contribution in [2.24, 2.45) is 10.7 Å². The van der Waals surface area contributed by atoms with Crippen LogP contribution in [0.4, 0.5) is 8.78 Å². The molecule has 0 saturated heterocycles. The molecule has 1 aliphatic rings. The molecule has 1 atom stereocenters. The highest BCUT2D eigenvalue weighted by Crippen LogP contribution is 2.42. The number of carbonyl (C=O) groups is 1. The second kappa shape index (κ2) is 7.42. The van der Waals surface area contributed by atoms with Crippen molar-refractivity contribution in [1.29, 1.82) is 0 Å². The molecule has 1 amide bonds. The Balaban J connectivity index is 2.25. The molecule has 1 aliphatic heterocycles. The average Bonchev–Trinajstić information content (AvgIpc) is 2.89. The van der Waals surface area contributed by atoms with Gasteiger partial charge >= 0.3 is 6.61 Å². The van der Waals surface area contributed by atoms with E-state index in [0.717, 1.165) is 5.56 Å². The quantitative estimate of drug-likeness (QED) is 0.776. The number of likely N-dealkylation sites (N-methyl/N-ethyl adjacent to an activating group) is 1. The highest BCUT2D eigenvalue weighted by atomic mass is 19.3. The van der Waals surface area contributed by atoms with Crippen molar-refractivity contribution >= 4 is 11.9 Å². The fraction of sp³-hybridized carbons (Fsp3) is 0.238. The number of carbonyl (C=O) groups excluding carboxylic acids is 1. The Morgan fingerprint density at radius 3 is 2.61 bits per heavy atom. The molecule has 3 rings (SSSR count). The first-order chi connectivity index (χ1) is 13.3. The summed E-state index contributed by atoms with van der Waals surface area (Å²) in [5, 5.41) is 0. The van der Waals surface area contributed by atoms with Crippen LogP contribution in [0.1, 0.15) is 22.3 Å². The van der Waals surface area contributed by atoms with E-state index in [1.54, 1.807) is 32.2 Å². The minimum Gasteiger partial charge on any atom is -0.435 e. The summed E-state index contributed by atoms with van der Waals surface area (Å²) >= 11 is 0. The fourth-order valence-corrected chi connectivity index (χ4v) is 3.47. The van der Waals surface area contributed by atoms with Crippen molar-refractivity contribution in [2.75, 3.05) is 7.05 Å². The third-order valence-corrected chi connectivity index (χ3v) is 4.82. The molecule has 0 bridgehead atoms. The Morgan fingerprint density at radius 1 is 1.32 bits per heavy atom. The standard InChI is InChI=1S/C21H21F2N3O2/c1-4-7-14-8-5-6-9-16(14)21(18(27)26(3)20(24)25-21)15-10-11-17(13(2)12-15)28-19(22)23/h4-6,8-12,19H,1,7H2,2-3H3,(H2,24,25). The van der Waals surface area contributed by atoms with E-state index >= 15 is 0 Å². The van der Waals surface area contributed by atoms with Gasteiger partial charge in [-0.25, -0.2) is 4.99 Å². The second-order valence-corrected chi connectivity index (χ2v) is 6.55. The Hall–Kier alpha value is -3.22. The van der Waals surface area contributed by atoms with Crippen LogP contribution in [0.15, 0.2) is 60.1 Å². The molecular formula is C21H21F2N3O2. The largest absolute Gasteiger partial charge is 0.435 e. The van der Waals surface area contributed by atoms with Crippen LogP contribution in [0.25, 0.3) is 0 Å².